The van der Waals surface area contributed by atoms with Crippen LogP contribution in [0.25, 0.3) is 10.9 Å². The van der Waals surface area contributed by atoms with E-state index in [2.05, 4.69) is 31.2 Å². The molecule has 2 aromatic heterocycles. The highest BCUT2D eigenvalue weighted by Crippen LogP contribution is 2.22. The Balaban J connectivity index is 1.98. The fourth-order valence-electron chi connectivity index (χ4n) is 1.95. The van der Waals surface area contributed by atoms with Gasteiger partial charge in [-0.3, -0.25) is 9.78 Å². The van der Waals surface area contributed by atoms with E-state index in [1.807, 2.05) is 30.3 Å². The molecule has 3 rings (SSSR count). The molecule has 2 heterocycles. The quantitative estimate of drug-likeness (QED) is 0.781. The number of benzene rings is 1. The van der Waals surface area contributed by atoms with Gasteiger partial charge >= 0.3 is 0 Å². The summed E-state index contributed by atoms with van der Waals surface area (Å²) in [4.78, 5) is 20.6. The van der Waals surface area contributed by atoms with Crippen molar-refractivity contribution in [1.82, 2.24) is 9.97 Å². The third-order valence-corrected chi connectivity index (χ3v) is 3.51. The summed E-state index contributed by atoms with van der Waals surface area (Å²) in [7, 11) is 0. The number of anilines is 1. The Hall–Kier alpha value is -2.27. The molecule has 98 valence electrons. The largest absolute Gasteiger partial charge is 0.320 e. The fourth-order valence-corrected chi connectivity index (χ4v) is 2.38. The zero-order valence-electron chi connectivity index (χ0n) is 10.4. The van der Waals surface area contributed by atoms with Crippen LogP contribution in [0.4, 0.5) is 5.69 Å². The van der Waals surface area contributed by atoms with Crippen molar-refractivity contribution in [3.63, 3.8) is 0 Å². The van der Waals surface area contributed by atoms with Gasteiger partial charge in [0, 0.05) is 22.3 Å². The van der Waals surface area contributed by atoms with Crippen LogP contribution in [0.5, 0.6) is 0 Å². The van der Waals surface area contributed by atoms with Gasteiger partial charge in [-0.2, -0.15) is 0 Å². The Labute approximate surface area is 124 Å². The van der Waals surface area contributed by atoms with Crippen molar-refractivity contribution in [1.29, 1.82) is 0 Å². The van der Waals surface area contributed by atoms with Crippen molar-refractivity contribution in [2.75, 3.05) is 5.32 Å². The smallest absolute Gasteiger partial charge is 0.275 e. The van der Waals surface area contributed by atoms with Crippen LogP contribution in [-0.4, -0.2) is 15.9 Å². The molecule has 1 N–H and O–H groups in total. The molecular formula is C15H10BrN3O. The van der Waals surface area contributed by atoms with Gasteiger partial charge in [0.05, 0.1) is 11.2 Å². The van der Waals surface area contributed by atoms with Crippen LogP contribution in [0.15, 0.2) is 59.3 Å². The van der Waals surface area contributed by atoms with E-state index in [1.54, 1.807) is 24.5 Å². The third kappa shape index (κ3) is 2.40. The molecule has 5 heteroatoms. The molecule has 0 fully saturated rings. The monoisotopic (exact) mass is 327 g/mol. The number of nitrogens with zero attached hydrogens (tertiary/aromatic N) is 2. The van der Waals surface area contributed by atoms with Crippen molar-refractivity contribution < 1.29 is 4.79 Å². The predicted octanol–water partition coefficient (Wildman–Crippen LogP) is 3.64. The highest BCUT2D eigenvalue weighted by atomic mass is 79.9. The minimum Gasteiger partial charge on any atom is -0.320 e. The van der Waals surface area contributed by atoms with Gasteiger partial charge in [-0.15, -0.1) is 0 Å². The molecule has 0 bridgehead atoms. The summed E-state index contributed by atoms with van der Waals surface area (Å²) in [5, 5.41) is 3.77. The molecule has 20 heavy (non-hydrogen) atoms. The van der Waals surface area contributed by atoms with E-state index in [9.17, 15) is 4.79 Å². The van der Waals surface area contributed by atoms with Crippen molar-refractivity contribution in [3.8, 4) is 0 Å². The molecule has 0 unspecified atom stereocenters. The van der Waals surface area contributed by atoms with E-state index in [0.717, 1.165) is 16.6 Å². The molecular weight excluding hydrogens is 318 g/mol. The summed E-state index contributed by atoms with van der Waals surface area (Å²) >= 11 is 3.32. The second kappa shape index (κ2) is 5.38. The Morgan fingerprint density at radius 1 is 1.00 bits per heavy atom. The Morgan fingerprint density at radius 3 is 2.65 bits per heavy atom. The maximum Gasteiger partial charge on any atom is 0.275 e. The molecule has 0 saturated carbocycles. The van der Waals surface area contributed by atoms with E-state index < -0.39 is 0 Å². The molecule has 0 spiro atoms. The molecule has 4 nitrogen and oxygen atoms in total. The lowest BCUT2D eigenvalue weighted by Crippen LogP contribution is -2.14. The number of halogens is 1. The van der Waals surface area contributed by atoms with E-state index in [0.29, 0.717) is 10.2 Å². The molecule has 1 amide bonds. The molecule has 0 aliphatic rings. The van der Waals surface area contributed by atoms with Crippen molar-refractivity contribution >= 4 is 38.4 Å². The highest BCUT2D eigenvalue weighted by Gasteiger charge is 2.12. The van der Waals surface area contributed by atoms with E-state index in [1.165, 1.54) is 0 Å². The van der Waals surface area contributed by atoms with Gasteiger partial charge in [0.25, 0.3) is 5.91 Å². The number of hydrogen-bond donors (Lipinski definition) is 1. The first-order valence-corrected chi connectivity index (χ1v) is 6.80. The van der Waals surface area contributed by atoms with Crippen LogP contribution in [0.3, 0.4) is 0 Å². The predicted molar refractivity (Wildman–Crippen MR) is 81.6 cm³/mol. The van der Waals surface area contributed by atoms with Gasteiger partial charge in [-0.25, -0.2) is 4.98 Å². The molecule has 0 aliphatic heterocycles. The summed E-state index contributed by atoms with van der Waals surface area (Å²) < 4.78 is 0.663. The minimum absolute atomic E-state index is 0.256. The molecule has 3 aromatic rings. The first-order chi connectivity index (χ1) is 9.75. The lowest BCUT2D eigenvalue weighted by Gasteiger charge is -2.08. The van der Waals surface area contributed by atoms with Crippen LogP contribution in [0.1, 0.15) is 10.5 Å². The number of carbonyl (C=O) groups excluding carboxylic acids is 1. The SMILES string of the molecule is O=C(Nc1cccc2ncccc12)c1ncccc1Br. The topological polar surface area (TPSA) is 54.9 Å². The highest BCUT2D eigenvalue weighted by molar-refractivity contribution is 9.10. The van der Waals surface area contributed by atoms with Crippen LogP contribution in [-0.2, 0) is 0 Å². The first-order valence-electron chi connectivity index (χ1n) is 6.01. The van der Waals surface area contributed by atoms with Gasteiger partial charge in [0.15, 0.2) is 0 Å². The van der Waals surface area contributed by atoms with E-state index >= 15 is 0 Å². The summed E-state index contributed by atoms with van der Waals surface area (Å²) in [6.07, 6.45) is 3.31. The van der Waals surface area contributed by atoms with Gasteiger partial charge in [-0.1, -0.05) is 6.07 Å². The summed E-state index contributed by atoms with van der Waals surface area (Å²) in [6.45, 7) is 0. The maximum atomic E-state index is 12.3. The first kappa shape index (κ1) is 12.7. The Morgan fingerprint density at radius 2 is 1.80 bits per heavy atom. The number of amides is 1. The Bertz CT molecular complexity index is 783. The summed E-state index contributed by atoms with van der Waals surface area (Å²) in [6, 6.07) is 12.9. The average Bonchev–Trinajstić information content (AvgIpc) is 2.48. The number of aromatic nitrogens is 2. The van der Waals surface area contributed by atoms with Gasteiger partial charge < -0.3 is 5.32 Å². The van der Waals surface area contributed by atoms with Crippen molar-refractivity contribution in [3.05, 3.63) is 65.0 Å². The average molecular weight is 328 g/mol. The lowest BCUT2D eigenvalue weighted by atomic mass is 10.2. The number of pyridine rings is 2. The third-order valence-electron chi connectivity index (χ3n) is 2.87. The Kier molecular flexibility index (Phi) is 3.43. The van der Waals surface area contributed by atoms with E-state index in [4.69, 9.17) is 0 Å². The van der Waals surface area contributed by atoms with Crippen LogP contribution in [0, 0.1) is 0 Å². The van der Waals surface area contributed by atoms with Gasteiger partial charge in [0.1, 0.15) is 5.69 Å². The maximum absolute atomic E-state index is 12.3. The summed E-state index contributed by atoms with van der Waals surface area (Å²) in [5.74, 6) is -0.256. The van der Waals surface area contributed by atoms with Crippen LogP contribution >= 0.6 is 15.9 Å². The second-order valence-corrected chi connectivity index (χ2v) is 5.02. The van der Waals surface area contributed by atoms with Crippen molar-refractivity contribution in [2.24, 2.45) is 0 Å². The zero-order valence-corrected chi connectivity index (χ0v) is 12.0. The molecule has 0 radical (unpaired) electrons. The number of fused-ring (bicyclic) bond motifs is 1. The second-order valence-electron chi connectivity index (χ2n) is 4.16. The van der Waals surface area contributed by atoms with Gasteiger partial charge in [0.2, 0.25) is 0 Å². The van der Waals surface area contributed by atoms with Gasteiger partial charge in [-0.05, 0) is 52.3 Å². The lowest BCUT2D eigenvalue weighted by molar-refractivity contribution is 0.102. The number of hydrogen-bond acceptors (Lipinski definition) is 3. The normalized spacial score (nSPS) is 10.4. The number of nitrogens with one attached hydrogen (secondary N) is 1. The fraction of sp³-hybridized carbons (Fsp3) is 0. The number of carbonyl (C=O) groups is 1. The summed E-state index contributed by atoms with van der Waals surface area (Å²) in [5.41, 5.74) is 1.91. The molecule has 0 saturated heterocycles. The molecule has 0 aliphatic carbocycles. The number of rotatable bonds is 2. The van der Waals surface area contributed by atoms with Crippen LogP contribution in [0.2, 0.25) is 0 Å². The molecule has 1 aromatic carbocycles. The van der Waals surface area contributed by atoms with Crippen LogP contribution < -0.4 is 5.32 Å². The zero-order chi connectivity index (χ0) is 13.9. The minimum atomic E-state index is -0.256. The standard InChI is InChI=1S/C15H10BrN3O/c16-11-5-3-9-18-14(11)15(20)19-13-7-1-6-12-10(13)4-2-8-17-12/h1-9H,(H,19,20). The molecule has 0 atom stereocenters. The van der Waals surface area contributed by atoms with E-state index in [-0.39, 0.29) is 5.91 Å². The van der Waals surface area contributed by atoms with Crippen molar-refractivity contribution in [2.45, 2.75) is 0 Å².